The Morgan fingerprint density at radius 3 is 2.82 bits per heavy atom. The van der Waals surface area contributed by atoms with Gasteiger partial charge in [-0.25, -0.2) is 4.98 Å². The van der Waals surface area contributed by atoms with Crippen LogP contribution in [0.2, 0.25) is 0 Å². The van der Waals surface area contributed by atoms with E-state index >= 15 is 0 Å². The van der Waals surface area contributed by atoms with Crippen LogP contribution in [0.1, 0.15) is 24.0 Å². The molecule has 0 spiro atoms. The van der Waals surface area contributed by atoms with Gasteiger partial charge >= 0.3 is 0 Å². The minimum absolute atomic E-state index is 0.143. The van der Waals surface area contributed by atoms with E-state index in [-0.39, 0.29) is 16.7 Å². The van der Waals surface area contributed by atoms with E-state index in [0.29, 0.717) is 6.04 Å². The SMILES string of the molecule is Cc1ccc2nc(N3CCS(=NC4CCOC4)c4ccccc4C3)nc(N3CC[C@@H](N)C3)c2c1. The molecule has 0 amide bonds. The third-order valence-electron chi connectivity index (χ3n) is 6.95. The van der Waals surface area contributed by atoms with Crippen LogP contribution in [0.3, 0.4) is 0 Å². The number of hydrogen-bond donors (Lipinski definition) is 1. The van der Waals surface area contributed by atoms with Crippen molar-refractivity contribution < 1.29 is 4.74 Å². The largest absolute Gasteiger partial charge is 0.379 e. The van der Waals surface area contributed by atoms with E-state index in [4.69, 9.17) is 24.8 Å². The molecule has 2 unspecified atom stereocenters. The lowest BCUT2D eigenvalue weighted by atomic mass is 10.1. The molecule has 4 heterocycles. The number of hydrogen-bond acceptors (Lipinski definition) is 7. The Labute approximate surface area is 203 Å². The summed E-state index contributed by atoms with van der Waals surface area (Å²) < 4.78 is 10.8. The van der Waals surface area contributed by atoms with Crippen LogP contribution in [0.4, 0.5) is 11.8 Å². The van der Waals surface area contributed by atoms with Crippen LogP contribution in [-0.2, 0) is 22.0 Å². The Balaban J connectivity index is 1.40. The number of nitrogens with zero attached hydrogens (tertiary/aromatic N) is 5. The van der Waals surface area contributed by atoms with Crippen molar-refractivity contribution in [3.05, 3.63) is 53.6 Å². The number of benzene rings is 2. The van der Waals surface area contributed by atoms with Gasteiger partial charge in [-0.3, -0.25) is 4.36 Å². The quantitative estimate of drug-likeness (QED) is 0.624. The Hall–Kier alpha value is -2.55. The summed E-state index contributed by atoms with van der Waals surface area (Å²) in [7, 11) is -0.143. The van der Waals surface area contributed by atoms with Crippen molar-refractivity contribution in [1.29, 1.82) is 0 Å². The summed E-state index contributed by atoms with van der Waals surface area (Å²) in [4.78, 5) is 16.2. The van der Waals surface area contributed by atoms with E-state index in [1.165, 1.54) is 16.0 Å². The first-order valence-electron chi connectivity index (χ1n) is 12.3. The number of anilines is 2. The highest BCUT2D eigenvalue weighted by atomic mass is 32.2. The second-order valence-corrected chi connectivity index (χ2v) is 11.4. The highest BCUT2D eigenvalue weighted by molar-refractivity contribution is 7.87. The molecule has 3 aromatic rings. The lowest BCUT2D eigenvalue weighted by Gasteiger charge is -2.25. The maximum Gasteiger partial charge on any atom is 0.228 e. The fraction of sp³-hybridized carbons (Fsp3) is 0.462. The van der Waals surface area contributed by atoms with Gasteiger partial charge in [0.15, 0.2) is 0 Å². The van der Waals surface area contributed by atoms with Crippen LogP contribution in [0.5, 0.6) is 0 Å². The summed E-state index contributed by atoms with van der Waals surface area (Å²) in [6, 6.07) is 15.7. The number of aromatic nitrogens is 2. The van der Waals surface area contributed by atoms with Crippen LogP contribution >= 0.6 is 0 Å². The molecule has 8 heteroatoms. The standard InChI is InChI=1S/C26H32N6OS/c1-18-6-7-23-22(14-18)25(31-10-8-20(27)16-31)29-26(28-23)32-11-13-34(30-21-9-12-33-17-21)24-5-3-2-4-19(24)15-32/h2-7,14,20-21H,8-13,15-17,27H2,1H3/t20-,21?,34?/m1/s1. The molecule has 0 radical (unpaired) electrons. The molecule has 7 nitrogen and oxygen atoms in total. The normalized spacial score (nSPS) is 25.2. The average molecular weight is 477 g/mol. The predicted molar refractivity (Wildman–Crippen MR) is 139 cm³/mol. The van der Waals surface area contributed by atoms with Gasteiger partial charge in [-0.2, -0.15) is 4.98 Å². The van der Waals surface area contributed by atoms with E-state index in [0.717, 1.165) is 80.7 Å². The maximum absolute atomic E-state index is 6.26. The second kappa shape index (κ2) is 9.24. The summed E-state index contributed by atoms with van der Waals surface area (Å²) >= 11 is 0. The molecule has 3 atom stereocenters. The molecule has 2 fully saturated rings. The first kappa shape index (κ1) is 21.9. The van der Waals surface area contributed by atoms with Gasteiger partial charge in [0.25, 0.3) is 0 Å². The highest BCUT2D eigenvalue weighted by Crippen LogP contribution is 2.32. The van der Waals surface area contributed by atoms with E-state index < -0.39 is 0 Å². The van der Waals surface area contributed by atoms with Gasteiger partial charge in [-0.15, -0.1) is 0 Å². The zero-order valence-electron chi connectivity index (χ0n) is 19.7. The molecule has 2 saturated heterocycles. The van der Waals surface area contributed by atoms with Gasteiger partial charge in [-0.1, -0.05) is 40.5 Å². The monoisotopic (exact) mass is 476 g/mol. The first-order chi connectivity index (χ1) is 16.6. The summed E-state index contributed by atoms with van der Waals surface area (Å²) in [6.07, 6.45) is 2.03. The zero-order valence-corrected chi connectivity index (χ0v) is 20.5. The third kappa shape index (κ3) is 4.30. The Kier molecular flexibility index (Phi) is 5.97. The van der Waals surface area contributed by atoms with Gasteiger partial charge in [0.1, 0.15) is 5.82 Å². The number of nitrogens with two attached hydrogens (primary N) is 1. The van der Waals surface area contributed by atoms with Crippen LogP contribution in [0.15, 0.2) is 51.7 Å². The molecule has 178 valence electrons. The Morgan fingerprint density at radius 2 is 2.00 bits per heavy atom. The highest BCUT2D eigenvalue weighted by Gasteiger charge is 2.26. The lowest BCUT2D eigenvalue weighted by molar-refractivity contribution is 0.194. The van der Waals surface area contributed by atoms with Crippen molar-refractivity contribution in [2.24, 2.45) is 10.1 Å². The van der Waals surface area contributed by atoms with E-state index in [1.54, 1.807) is 0 Å². The van der Waals surface area contributed by atoms with E-state index in [2.05, 4.69) is 59.2 Å². The van der Waals surface area contributed by atoms with E-state index in [9.17, 15) is 0 Å². The molecule has 2 aromatic carbocycles. The van der Waals surface area contributed by atoms with Crippen molar-refractivity contribution >= 4 is 33.4 Å². The smallest absolute Gasteiger partial charge is 0.228 e. The fourth-order valence-corrected chi connectivity index (χ4v) is 7.13. The van der Waals surface area contributed by atoms with Crippen LogP contribution in [0, 0.1) is 6.92 Å². The Bertz CT molecular complexity index is 1240. The topological polar surface area (TPSA) is 79.9 Å². The molecule has 34 heavy (non-hydrogen) atoms. The van der Waals surface area contributed by atoms with Crippen LogP contribution < -0.4 is 15.5 Å². The molecular formula is C26H32N6OS. The summed E-state index contributed by atoms with van der Waals surface area (Å²) in [6.45, 7) is 7.16. The van der Waals surface area contributed by atoms with Crippen molar-refractivity contribution in [2.75, 3.05) is 48.4 Å². The minimum atomic E-state index is -0.143. The van der Waals surface area contributed by atoms with Gasteiger partial charge in [-0.05, 0) is 43.5 Å². The van der Waals surface area contributed by atoms with Crippen molar-refractivity contribution in [1.82, 2.24) is 9.97 Å². The van der Waals surface area contributed by atoms with Crippen LogP contribution in [-0.4, -0.2) is 60.7 Å². The van der Waals surface area contributed by atoms with Crippen LogP contribution in [0.25, 0.3) is 10.9 Å². The van der Waals surface area contributed by atoms with Gasteiger partial charge in [0.05, 0.1) is 18.2 Å². The molecule has 6 rings (SSSR count). The molecule has 0 aliphatic carbocycles. The first-order valence-corrected chi connectivity index (χ1v) is 13.6. The maximum atomic E-state index is 6.26. The fourth-order valence-electron chi connectivity index (χ4n) is 5.10. The second-order valence-electron chi connectivity index (χ2n) is 9.58. The zero-order chi connectivity index (χ0) is 23.1. The number of aryl methyl sites for hydroxylation is 1. The van der Waals surface area contributed by atoms with Crippen molar-refractivity contribution in [2.45, 2.75) is 43.3 Å². The third-order valence-corrected chi connectivity index (χ3v) is 8.98. The van der Waals surface area contributed by atoms with Gasteiger partial charge in [0, 0.05) is 54.9 Å². The molecule has 1 aromatic heterocycles. The molecule has 2 N–H and O–H groups in total. The number of fused-ring (bicyclic) bond motifs is 2. The van der Waals surface area contributed by atoms with Gasteiger partial charge < -0.3 is 20.3 Å². The number of rotatable bonds is 3. The number of ether oxygens (including phenoxy) is 1. The van der Waals surface area contributed by atoms with E-state index in [1.807, 2.05) is 0 Å². The summed E-state index contributed by atoms with van der Waals surface area (Å²) in [5.41, 5.74) is 9.80. The molecular weight excluding hydrogens is 444 g/mol. The Morgan fingerprint density at radius 1 is 1.09 bits per heavy atom. The minimum Gasteiger partial charge on any atom is -0.379 e. The molecule has 0 saturated carbocycles. The summed E-state index contributed by atoms with van der Waals surface area (Å²) in [5, 5.41) is 1.11. The van der Waals surface area contributed by atoms with Gasteiger partial charge in [0.2, 0.25) is 5.95 Å². The average Bonchev–Trinajstić information content (AvgIpc) is 3.48. The lowest BCUT2D eigenvalue weighted by Crippen LogP contribution is -2.30. The predicted octanol–water partition coefficient (Wildman–Crippen LogP) is 3.45. The van der Waals surface area contributed by atoms with Crippen molar-refractivity contribution in [3.8, 4) is 0 Å². The van der Waals surface area contributed by atoms with Crippen molar-refractivity contribution in [3.63, 3.8) is 0 Å². The molecule has 3 aliphatic rings. The molecule has 3 aliphatic heterocycles. The summed E-state index contributed by atoms with van der Waals surface area (Å²) in [5.74, 6) is 2.80. The molecule has 0 bridgehead atoms.